The molecule has 1 unspecified atom stereocenters. The molecule has 2 heterocycles. The lowest BCUT2D eigenvalue weighted by Crippen LogP contribution is -2.26. The highest BCUT2D eigenvalue weighted by Gasteiger charge is 2.24. The first-order chi connectivity index (χ1) is 8.56. The minimum atomic E-state index is -1.03. The number of aromatic carboxylic acids is 1. The Morgan fingerprint density at radius 3 is 2.89 bits per heavy atom. The van der Waals surface area contributed by atoms with Crippen molar-refractivity contribution in [2.24, 2.45) is 11.8 Å². The Morgan fingerprint density at radius 2 is 2.33 bits per heavy atom. The summed E-state index contributed by atoms with van der Waals surface area (Å²) in [5.41, 5.74) is 0.0106. The van der Waals surface area contributed by atoms with Gasteiger partial charge in [-0.05, 0) is 24.8 Å². The maximum Gasteiger partial charge on any atom is 0.358 e. The van der Waals surface area contributed by atoms with Crippen LogP contribution in [0.25, 0.3) is 0 Å². The molecule has 6 nitrogen and oxygen atoms in total. The third kappa shape index (κ3) is 3.07. The van der Waals surface area contributed by atoms with Gasteiger partial charge in [0, 0.05) is 13.1 Å². The largest absolute Gasteiger partial charge is 0.476 e. The quantitative estimate of drug-likeness (QED) is 0.845. The van der Waals surface area contributed by atoms with Gasteiger partial charge in [-0.2, -0.15) is 0 Å². The van der Waals surface area contributed by atoms with E-state index in [1.807, 2.05) is 0 Å². The van der Waals surface area contributed by atoms with E-state index in [9.17, 15) is 4.79 Å². The van der Waals surface area contributed by atoms with Gasteiger partial charge in [0.1, 0.15) is 0 Å². The molecule has 0 radical (unpaired) electrons. The summed E-state index contributed by atoms with van der Waals surface area (Å²) in [5.74, 6) is 0.498. The molecule has 0 amide bonds. The molecule has 0 spiro atoms. The molecule has 1 aromatic rings. The van der Waals surface area contributed by atoms with Gasteiger partial charge in [0.15, 0.2) is 5.69 Å². The summed E-state index contributed by atoms with van der Waals surface area (Å²) in [6.45, 7) is 8.41. The highest BCUT2D eigenvalue weighted by atomic mass is 16.4. The average Bonchev–Trinajstić information content (AvgIpc) is 2.95. The first-order valence-electron chi connectivity index (χ1n) is 6.42. The van der Waals surface area contributed by atoms with Crippen LogP contribution >= 0.6 is 0 Å². The van der Waals surface area contributed by atoms with E-state index in [1.54, 1.807) is 4.68 Å². The number of carboxylic acids is 1. The second-order valence-corrected chi connectivity index (χ2v) is 5.27. The van der Waals surface area contributed by atoms with Crippen molar-refractivity contribution in [2.45, 2.75) is 26.8 Å². The van der Waals surface area contributed by atoms with Crippen molar-refractivity contribution >= 4 is 5.97 Å². The molecule has 0 saturated carbocycles. The third-order valence-corrected chi connectivity index (χ3v) is 3.65. The van der Waals surface area contributed by atoms with Gasteiger partial charge in [0.25, 0.3) is 0 Å². The fraction of sp³-hybridized carbons (Fsp3) is 0.750. The van der Waals surface area contributed by atoms with Gasteiger partial charge in [0.2, 0.25) is 0 Å². The normalized spacial score (nSPS) is 20.7. The summed E-state index contributed by atoms with van der Waals surface area (Å²) in [5, 5.41) is 16.2. The number of rotatable bonds is 5. The molecule has 1 N–H and O–H groups in total. The van der Waals surface area contributed by atoms with E-state index in [0.717, 1.165) is 31.5 Å². The molecular weight excluding hydrogens is 232 g/mol. The van der Waals surface area contributed by atoms with Crippen LogP contribution in [0, 0.1) is 11.8 Å². The number of hydrogen-bond acceptors (Lipinski definition) is 4. The van der Waals surface area contributed by atoms with E-state index in [1.165, 1.54) is 12.6 Å². The minimum absolute atomic E-state index is 0.0106. The van der Waals surface area contributed by atoms with Crippen LogP contribution in [0.3, 0.4) is 0 Å². The molecule has 1 saturated heterocycles. The second kappa shape index (κ2) is 5.48. The Balaban J connectivity index is 1.80. The molecule has 100 valence electrons. The second-order valence-electron chi connectivity index (χ2n) is 5.27. The van der Waals surface area contributed by atoms with Crippen molar-refractivity contribution in [1.29, 1.82) is 0 Å². The SMILES string of the molecule is CC(C)C1CCN(CCn2cc(C(=O)O)nn2)C1. The lowest BCUT2D eigenvalue weighted by Gasteiger charge is -2.17. The Hall–Kier alpha value is -1.43. The topological polar surface area (TPSA) is 71.2 Å². The molecule has 0 aliphatic carbocycles. The van der Waals surface area contributed by atoms with E-state index in [4.69, 9.17) is 5.11 Å². The number of carboxylic acid groups (broad SMARTS) is 1. The maximum absolute atomic E-state index is 10.7. The van der Waals surface area contributed by atoms with Crippen LogP contribution in [-0.4, -0.2) is 50.6 Å². The first kappa shape index (κ1) is 13.0. The van der Waals surface area contributed by atoms with Crippen molar-refractivity contribution < 1.29 is 9.90 Å². The van der Waals surface area contributed by atoms with Gasteiger partial charge >= 0.3 is 5.97 Å². The van der Waals surface area contributed by atoms with Crippen LogP contribution in [0.15, 0.2) is 6.20 Å². The van der Waals surface area contributed by atoms with E-state index in [0.29, 0.717) is 6.54 Å². The first-order valence-corrected chi connectivity index (χ1v) is 6.42. The molecule has 2 rings (SSSR count). The minimum Gasteiger partial charge on any atom is -0.476 e. The highest BCUT2D eigenvalue weighted by molar-refractivity contribution is 5.84. The number of nitrogens with zero attached hydrogens (tertiary/aromatic N) is 4. The van der Waals surface area contributed by atoms with E-state index in [-0.39, 0.29) is 5.69 Å². The standard InChI is InChI=1S/C12H20N4O2/c1-9(2)10-3-4-15(7-10)5-6-16-8-11(12(17)18)13-14-16/h8-10H,3-7H2,1-2H3,(H,17,18). The number of aromatic nitrogens is 3. The fourth-order valence-electron chi connectivity index (χ4n) is 2.36. The molecule has 1 fully saturated rings. The van der Waals surface area contributed by atoms with Crippen LogP contribution in [0.2, 0.25) is 0 Å². The van der Waals surface area contributed by atoms with Crippen molar-refractivity contribution in [3.8, 4) is 0 Å². The maximum atomic E-state index is 10.7. The Morgan fingerprint density at radius 1 is 1.56 bits per heavy atom. The molecule has 1 aliphatic rings. The fourth-order valence-corrected chi connectivity index (χ4v) is 2.36. The Bertz CT molecular complexity index is 416. The third-order valence-electron chi connectivity index (χ3n) is 3.65. The molecule has 1 aliphatic heterocycles. The smallest absolute Gasteiger partial charge is 0.358 e. The van der Waals surface area contributed by atoms with Crippen LogP contribution in [0.1, 0.15) is 30.8 Å². The van der Waals surface area contributed by atoms with Crippen molar-refractivity contribution in [1.82, 2.24) is 19.9 Å². The van der Waals surface area contributed by atoms with Crippen LogP contribution < -0.4 is 0 Å². The van der Waals surface area contributed by atoms with Crippen LogP contribution in [0.5, 0.6) is 0 Å². The monoisotopic (exact) mass is 252 g/mol. The average molecular weight is 252 g/mol. The number of hydrogen-bond donors (Lipinski definition) is 1. The molecule has 1 aromatic heterocycles. The number of likely N-dealkylation sites (tertiary alicyclic amines) is 1. The van der Waals surface area contributed by atoms with Gasteiger partial charge in [-0.3, -0.25) is 4.68 Å². The molecule has 0 aromatic carbocycles. The van der Waals surface area contributed by atoms with Gasteiger partial charge < -0.3 is 10.0 Å². The zero-order valence-corrected chi connectivity index (χ0v) is 10.9. The Labute approximate surface area is 107 Å². The summed E-state index contributed by atoms with van der Waals surface area (Å²) in [6.07, 6.45) is 2.74. The van der Waals surface area contributed by atoms with Gasteiger partial charge in [-0.25, -0.2) is 4.79 Å². The predicted molar refractivity (Wildman–Crippen MR) is 66.4 cm³/mol. The molecule has 18 heavy (non-hydrogen) atoms. The van der Waals surface area contributed by atoms with Gasteiger partial charge in [-0.15, -0.1) is 5.10 Å². The van der Waals surface area contributed by atoms with Crippen molar-refractivity contribution in [2.75, 3.05) is 19.6 Å². The van der Waals surface area contributed by atoms with Crippen LogP contribution in [-0.2, 0) is 6.54 Å². The highest BCUT2D eigenvalue weighted by Crippen LogP contribution is 2.23. The van der Waals surface area contributed by atoms with Crippen molar-refractivity contribution in [3.63, 3.8) is 0 Å². The molecular formula is C12H20N4O2. The van der Waals surface area contributed by atoms with Crippen LogP contribution in [0.4, 0.5) is 0 Å². The molecule has 0 bridgehead atoms. The molecule has 1 atom stereocenters. The van der Waals surface area contributed by atoms with Crippen molar-refractivity contribution in [3.05, 3.63) is 11.9 Å². The lowest BCUT2D eigenvalue weighted by atomic mass is 9.95. The van der Waals surface area contributed by atoms with E-state index >= 15 is 0 Å². The summed E-state index contributed by atoms with van der Waals surface area (Å²) < 4.78 is 1.60. The summed E-state index contributed by atoms with van der Waals surface area (Å²) >= 11 is 0. The Kier molecular flexibility index (Phi) is 3.96. The summed E-state index contributed by atoms with van der Waals surface area (Å²) in [4.78, 5) is 13.1. The summed E-state index contributed by atoms with van der Waals surface area (Å²) in [7, 11) is 0. The molecule has 6 heteroatoms. The number of carbonyl (C=O) groups is 1. The summed E-state index contributed by atoms with van der Waals surface area (Å²) in [6, 6.07) is 0. The van der Waals surface area contributed by atoms with Gasteiger partial charge in [0.05, 0.1) is 12.7 Å². The lowest BCUT2D eigenvalue weighted by molar-refractivity contribution is 0.0690. The van der Waals surface area contributed by atoms with E-state index in [2.05, 4.69) is 29.1 Å². The van der Waals surface area contributed by atoms with Gasteiger partial charge in [-0.1, -0.05) is 19.1 Å². The zero-order valence-electron chi connectivity index (χ0n) is 10.9. The predicted octanol–water partition coefficient (Wildman–Crippen LogP) is 0.954. The van der Waals surface area contributed by atoms with E-state index < -0.39 is 5.97 Å². The zero-order chi connectivity index (χ0) is 13.1.